The molecule has 0 fully saturated rings. The molecule has 0 bridgehead atoms. The van der Waals surface area contributed by atoms with Gasteiger partial charge in [-0.1, -0.05) is 28.1 Å². The van der Waals surface area contributed by atoms with Gasteiger partial charge in [-0.2, -0.15) is 0 Å². The predicted molar refractivity (Wildman–Crippen MR) is 86.7 cm³/mol. The first-order valence-corrected chi connectivity index (χ1v) is 7.76. The number of hydrogen-bond acceptors (Lipinski definition) is 2. The van der Waals surface area contributed by atoms with Gasteiger partial charge in [-0.25, -0.2) is 0 Å². The average Bonchev–Trinajstić information content (AvgIpc) is 2.85. The van der Waals surface area contributed by atoms with Crippen LogP contribution in [0.1, 0.15) is 16.7 Å². The number of hydrogen-bond donors (Lipinski definition) is 1. The van der Waals surface area contributed by atoms with Crippen molar-refractivity contribution < 1.29 is 4.74 Å². The Morgan fingerprint density at radius 3 is 2.95 bits per heavy atom. The lowest BCUT2D eigenvalue weighted by molar-refractivity contribution is 0.357. The molecular weight excluding hydrogens is 314 g/mol. The highest BCUT2D eigenvalue weighted by Crippen LogP contribution is 2.26. The third kappa shape index (κ3) is 3.15. The molecule has 0 unspecified atom stereocenters. The molecule has 2 nitrogen and oxygen atoms in total. The molecule has 3 heteroatoms. The summed E-state index contributed by atoms with van der Waals surface area (Å²) < 4.78 is 6.65. The van der Waals surface area contributed by atoms with Gasteiger partial charge in [0.25, 0.3) is 0 Å². The van der Waals surface area contributed by atoms with E-state index < -0.39 is 0 Å². The summed E-state index contributed by atoms with van der Waals surface area (Å²) in [6.07, 6.45) is 2.07. The van der Waals surface area contributed by atoms with E-state index in [1.807, 2.05) is 0 Å². The maximum atomic E-state index is 5.53. The fourth-order valence-electron chi connectivity index (χ4n) is 2.58. The third-order valence-electron chi connectivity index (χ3n) is 3.54. The lowest BCUT2D eigenvalue weighted by Gasteiger charge is -2.09. The molecular formula is C17H18BrNO. The van der Waals surface area contributed by atoms with Crippen molar-refractivity contribution in [3.63, 3.8) is 0 Å². The van der Waals surface area contributed by atoms with Crippen LogP contribution in [0.25, 0.3) is 0 Å². The van der Waals surface area contributed by atoms with Gasteiger partial charge in [-0.15, -0.1) is 0 Å². The Morgan fingerprint density at radius 2 is 2.10 bits per heavy atom. The molecule has 0 radical (unpaired) electrons. The fraction of sp³-hybridized carbons (Fsp3) is 0.294. The second kappa shape index (κ2) is 5.88. The van der Waals surface area contributed by atoms with Crippen molar-refractivity contribution in [2.75, 3.05) is 18.5 Å². The normalized spacial score (nSPS) is 12.9. The Kier molecular flexibility index (Phi) is 3.97. The summed E-state index contributed by atoms with van der Waals surface area (Å²) in [6, 6.07) is 12.9. The number of nitrogens with one attached hydrogen (secondary N) is 1. The summed E-state index contributed by atoms with van der Waals surface area (Å²) in [5, 5.41) is 3.48. The highest BCUT2D eigenvalue weighted by atomic mass is 79.9. The van der Waals surface area contributed by atoms with Crippen molar-refractivity contribution in [3.05, 3.63) is 57.6 Å². The van der Waals surface area contributed by atoms with Gasteiger partial charge in [0.15, 0.2) is 0 Å². The summed E-state index contributed by atoms with van der Waals surface area (Å²) in [5.41, 5.74) is 5.15. The maximum Gasteiger partial charge on any atom is 0.122 e. The second-order valence-corrected chi connectivity index (χ2v) is 6.15. The van der Waals surface area contributed by atoms with Crippen LogP contribution < -0.4 is 10.1 Å². The zero-order chi connectivity index (χ0) is 13.9. The van der Waals surface area contributed by atoms with Gasteiger partial charge in [-0.05, 0) is 54.3 Å². The number of anilines is 1. The van der Waals surface area contributed by atoms with Crippen LogP contribution in [0.5, 0.6) is 5.75 Å². The SMILES string of the molecule is Cc1cc(Br)cc(NCCc2ccc3c(c2)CCO3)c1. The van der Waals surface area contributed by atoms with Gasteiger partial charge in [-0.3, -0.25) is 0 Å². The minimum absolute atomic E-state index is 0.828. The van der Waals surface area contributed by atoms with E-state index in [0.717, 1.165) is 36.2 Å². The van der Waals surface area contributed by atoms with Crippen molar-refractivity contribution in [1.29, 1.82) is 0 Å². The number of halogens is 1. The van der Waals surface area contributed by atoms with Crippen molar-refractivity contribution in [3.8, 4) is 5.75 Å². The van der Waals surface area contributed by atoms with E-state index in [1.165, 1.54) is 22.4 Å². The van der Waals surface area contributed by atoms with Crippen molar-refractivity contribution >= 4 is 21.6 Å². The first-order chi connectivity index (χ1) is 9.70. The third-order valence-corrected chi connectivity index (χ3v) is 4.00. The van der Waals surface area contributed by atoms with Crippen molar-refractivity contribution in [1.82, 2.24) is 0 Å². The quantitative estimate of drug-likeness (QED) is 0.899. The summed E-state index contributed by atoms with van der Waals surface area (Å²) in [7, 11) is 0. The van der Waals surface area contributed by atoms with Crippen LogP contribution >= 0.6 is 15.9 Å². The number of ether oxygens (including phenoxy) is 1. The zero-order valence-electron chi connectivity index (χ0n) is 11.6. The number of fused-ring (bicyclic) bond motifs is 1. The maximum absolute atomic E-state index is 5.53. The van der Waals surface area contributed by atoms with Crippen LogP contribution in [0, 0.1) is 6.92 Å². The minimum Gasteiger partial charge on any atom is -0.493 e. The molecule has 1 aliphatic heterocycles. The molecule has 1 aliphatic rings. The van der Waals surface area contributed by atoms with Crippen LogP contribution in [0.3, 0.4) is 0 Å². The van der Waals surface area contributed by atoms with Gasteiger partial charge in [0.1, 0.15) is 5.75 Å². The fourth-order valence-corrected chi connectivity index (χ4v) is 3.19. The molecule has 0 aromatic heterocycles. The minimum atomic E-state index is 0.828. The van der Waals surface area contributed by atoms with Gasteiger partial charge >= 0.3 is 0 Å². The van der Waals surface area contributed by atoms with Gasteiger partial charge in [0.05, 0.1) is 6.61 Å². The molecule has 0 aliphatic carbocycles. The molecule has 0 saturated carbocycles. The summed E-state index contributed by atoms with van der Waals surface area (Å²) >= 11 is 3.53. The summed E-state index contributed by atoms with van der Waals surface area (Å²) in [5.74, 6) is 1.06. The summed E-state index contributed by atoms with van der Waals surface area (Å²) in [4.78, 5) is 0. The Bertz CT molecular complexity index is 604. The highest BCUT2D eigenvalue weighted by molar-refractivity contribution is 9.10. The molecule has 0 amide bonds. The molecule has 0 spiro atoms. The first-order valence-electron chi connectivity index (χ1n) is 6.96. The number of aryl methyl sites for hydroxylation is 1. The molecule has 2 aromatic rings. The van der Waals surface area contributed by atoms with E-state index in [-0.39, 0.29) is 0 Å². The number of benzene rings is 2. The molecule has 1 heterocycles. The van der Waals surface area contributed by atoms with E-state index in [1.54, 1.807) is 0 Å². The Labute approximate surface area is 128 Å². The van der Waals surface area contributed by atoms with Gasteiger partial charge < -0.3 is 10.1 Å². The van der Waals surface area contributed by atoms with E-state index in [9.17, 15) is 0 Å². The Hall–Kier alpha value is -1.48. The lowest BCUT2D eigenvalue weighted by Crippen LogP contribution is -2.05. The van der Waals surface area contributed by atoms with Gasteiger partial charge in [0, 0.05) is 23.1 Å². The lowest BCUT2D eigenvalue weighted by atomic mass is 10.1. The molecule has 1 N–H and O–H groups in total. The summed E-state index contributed by atoms with van der Waals surface area (Å²) in [6.45, 7) is 3.88. The monoisotopic (exact) mass is 331 g/mol. The van der Waals surface area contributed by atoms with Gasteiger partial charge in [0.2, 0.25) is 0 Å². The largest absolute Gasteiger partial charge is 0.493 e. The number of rotatable bonds is 4. The molecule has 20 heavy (non-hydrogen) atoms. The molecule has 104 valence electrons. The van der Waals surface area contributed by atoms with Crippen LogP contribution in [0.2, 0.25) is 0 Å². The smallest absolute Gasteiger partial charge is 0.122 e. The Morgan fingerprint density at radius 1 is 1.20 bits per heavy atom. The first kappa shape index (κ1) is 13.5. The highest BCUT2D eigenvalue weighted by Gasteiger charge is 2.11. The van der Waals surface area contributed by atoms with E-state index in [2.05, 4.69) is 64.6 Å². The van der Waals surface area contributed by atoms with Crippen LogP contribution in [0.15, 0.2) is 40.9 Å². The molecule has 0 saturated heterocycles. The topological polar surface area (TPSA) is 21.3 Å². The van der Waals surface area contributed by atoms with Crippen molar-refractivity contribution in [2.45, 2.75) is 19.8 Å². The van der Waals surface area contributed by atoms with Crippen LogP contribution in [0.4, 0.5) is 5.69 Å². The standard InChI is InChI=1S/C17H18BrNO/c1-12-8-15(18)11-16(9-12)19-6-4-13-2-3-17-14(10-13)5-7-20-17/h2-3,8-11,19H,4-7H2,1H3. The molecule has 3 rings (SSSR count). The predicted octanol–water partition coefficient (Wildman–Crippen LogP) is 4.35. The second-order valence-electron chi connectivity index (χ2n) is 5.23. The average molecular weight is 332 g/mol. The van der Waals surface area contributed by atoms with Crippen LogP contribution in [-0.4, -0.2) is 13.2 Å². The van der Waals surface area contributed by atoms with E-state index >= 15 is 0 Å². The van der Waals surface area contributed by atoms with E-state index in [4.69, 9.17) is 4.74 Å². The van der Waals surface area contributed by atoms with Crippen LogP contribution in [-0.2, 0) is 12.8 Å². The Balaban J connectivity index is 1.59. The molecule has 2 aromatic carbocycles. The van der Waals surface area contributed by atoms with E-state index in [0.29, 0.717) is 0 Å². The molecule has 0 atom stereocenters. The zero-order valence-corrected chi connectivity index (χ0v) is 13.2. The van der Waals surface area contributed by atoms with Crippen molar-refractivity contribution in [2.24, 2.45) is 0 Å².